The molecule has 1 saturated carbocycles. The molecule has 1 fully saturated rings. The van der Waals surface area contributed by atoms with Gasteiger partial charge in [0.2, 0.25) is 6.36 Å². The molecule has 0 saturated heterocycles. The minimum atomic E-state index is -2.90. The third-order valence-corrected chi connectivity index (χ3v) is 5.13. The molecule has 2 rings (SSSR count). The Balaban J connectivity index is 1.71. The van der Waals surface area contributed by atoms with Crippen molar-refractivity contribution in [3.05, 3.63) is 42.0 Å². The maximum Gasteiger partial charge on any atom is 0.387 e. The predicted octanol–water partition coefficient (Wildman–Crippen LogP) is 6.60. The molecule has 0 amide bonds. The number of rotatable bonds is 10. The summed E-state index contributed by atoms with van der Waals surface area (Å²) in [7, 11) is 0. The third kappa shape index (κ3) is 7.53. The maximum atomic E-state index is 14.4. The average Bonchev–Trinajstić information content (AvgIpc) is 2.67. The maximum absolute atomic E-state index is 14.4. The van der Waals surface area contributed by atoms with Gasteiger partial charge in [0.05, 0.1) is 6.61 Å². The first-order chi connectivity index (χ1) is 13.0. The van der Waals surface area contributed by atoms with E-state index in [1.54, 1.807) is 0 Å². The highest BCUT2D eigenvalue weighted by Crippen LogP contribution is 2.36. The number of halogens is 4. The van der Waals surface area contributed by atoms with Crippen LogP contribution in [-0.4, -0.2) is 19.1 Å². The Morgan fingerprint density at radius 3 is 2.30 bits per heavy atom. The zero-order valence-corrected chi connectivity index (χ0v) is 15.6. The van der Waals surface area contributed by atoms with Gasteiger partial charge in [-0.15, -0.1) is 0 Å². The zero-order chi connectivity index (χ0) is 19.6. The van der Waals surface area contributed by atoms with Crippen LogP contribution in [-0.2, 0) is 11.3 Å². The van der Waals surface area contributed by atoms with Crippen LogP contribution in [0.3, 0.4) is 0 Å². The summed E-state index contributed by atoms with van der Waals surface area (Å²) in [6.45, 7) is -1.01. The van der Waals surface area contributed by atoms with Gasteiger partial charge in [-0.25, -0.2) is 8.78 Å². The quantitative estimate of drug-likeness (QED) is 0.332. The first-order valence-corrected chi connectivity index (χ1v) is 9.54. The van der Waals surface area contributed by atoms with E-state index in [-0.39, 0.29) is 18.3 Å². The summed E-state index contributed by atoms with van der Waals surface area (Å²) in [4.78, 5) is 0. The highest BCUT2D eigenvalue weighted by atomic mass is 19.3. The Kier molecular flexibility index (Phi) is 9.11. The summed E-state index contributed by atoms with van der Waals surface area (Å²) in [6, 6.07) is 5.68. The van der Waals surface area contributed by atoms with Crippen LogP contribution < -0.4 is 4.74 Å². The molecule has 152 valence electrons. The smallest absolute Gasteiger partial charge is 0.387 e. The van der Waals surface area contributed by atoms with Gasteiger partial charge in [-0.05, 0) is 62.1 Å². The van der Waals surface area contributed by atoms with Crippen molar-refractivity contribution in [1.29, 1.82) is 0 Å². The molecule has 0 N–H and O–H groups in total. The van der Waals surface area contributed by atoms with Crippen molar-refractivity contribution in [2.75, 3.05) is 0 Å². The lowest BCUT2D eigenvalue weighted by atomic mass is 9.78. The first kappa shape index (κ1) is 21.7. The molecule has 1 aromatic rings. The lowest BCUT2D eigenvalue weighted by Gasteiger charge is -2.31. The van der Waals surface area contributed by atoms with Crippen LogP contribution in [0.25, 0.3) is 0 Å². The van der Waals surface area contributed by atoms with Crippen LogP contribution in [0.1, 0.15) is 51.0 Å². The second-order valence-electron chi connectivity index (χ2n) is 7.06. The van der Waals surface area contributed by atoms with E-state index >= 15 is 0 Å². The summed E-state index contributed by atoms with van der Waals surface area (Å²) in [5.74, 6) is 0.303. The fourth-order valence-corrected chi connectivity index (χ4v) is 3.54. The fourth-order valence-electron chi connectivity index (χ4n) is 3.54. The third-order valence-electron chi connectivity index (χ3n) is 5.13. The summed E-state index contributed by atoms with van der Waals surface area (Å²) >= 11 is 0. The molecule has 2 unspecified atom stereocenters. The van der Waals surface area contributed by atoms with Crippen LogP contribution in [0.15, 0.2) is 36.4 Å². The zero-order valence-electron chi connectivity index (χ0n) is 15.6. The van der Waals surface area contributed by atoms with Gasteiger partial charge < -0.3 is 9.47 Å². The van der Waals surface area contributed by atoms with Gasteiger partial charge in [-0.2, -0.15) is 8.78 Å². The lowest BCUT2D eigenvalue weighted by molar-refractivity contribution is -0.115. The number of hydrogen-bond donors (Lipinski definition) is 0. The molecular weight excluding hydrogens is 360 g/mol. The molecule has 1 aliphatic rings. The van der Waals surface area contributed by atoms with Crippen molar-refractivity contribution in [3.63, 3.8) is 0 Å². The molecule has 6 heteroatoms. The minimum Gasteiger partial charge on any atom is -0.435 e. The van der Waals surface area contributed by atoms with Crippen molar-refractivity contribution in [2.45, 2.75) is 71.2 Å². The molecular formula is C21H28F4O2. The molecule has 0 aromatic heterocycles. The van der Waals surface area contributed by atoms with E-state index in [0.29, 0.717) is 24.3 Å². The molecule has 0 radical (unpaired) electrons. The second-order valence-corrected chi connectivity index (χ2v) is 7.06. The van der Waals surface area contributed by atoms with E-state index in [0.717, 1.165) is 25.7 Å². The van der Waals surface area contributed by atoms with Crippen molar-refractivity contribution in [1.82, 2.24) is 0 Å². The molecule has 0 bridgehead atoms. The SMILES string of the molecule is CC=CCC[C@H]1CC[C@H](C(F)C(F)OCc2ccc(OC(F)F)cc2)CC1. The highest BCUT2D eigenvalue weighted by Gasteiger charge is 2.33. The lowest BCUT2D eigenvalue weighted by Crippen LogP contribution is -2.31. The molecule has 0 heterocycles. The molecule has 2 nitrogen and oxygen atoms in total. The van der Waals surface area contributed by atoms with E-state index in [9.17, 15) is 17.6 Å². The van der Waals surface area contributed by atoms with Crippen molar-refractivity contribution < 1.29 is 27.0 Å². The normalized spacial score (nSPS) is 22.9. The standard InChI is InChI=1S/C21H28F4O2/c1-2-3-4-5-15-6-10-17(11-7-15)19(22)20(23)26-14-16-8-12-18(13-9-16)27-21(24)25/h2-3,8-9,12-13,15,17,19-21H,4-7,10-11,14H2,1H3/t15-,17-,19?,20?. The highest BCUT2D eigenvalue weighted by molar-refractivity contribution is 5.26. The summed E-state index contributed by atoms with van der Waals surface area (Å²) < 4.78 is 62.0. The Labute approximate surface area is 158 Å². The van der Waals surface area contributed by atoms with Crippen molar-refractivity contribution in [3.8, 4) is 5.75 Å². The van der Waals surface area contributed by atoms with Crippen molar-refractivity contribution in [2.24, 2.45) is 11.8 Å². The number of benzene rings is 1. The first-order valence-electron chi connectivity index (χ1n) is 9.54. The van der Waals surface area contributed by atoms with E-state index in [1.807, 2.05) is 13.0 Å². The Hall–Kier alpha value is -1.56. The van der Waals surface area contributed by atoms with Gasteiger partial charge in [0.1, 0.15) is 5.75 Å². The molecule has 1 aliphatic carbocycles. The topological polar surface area (TPSA) is 18.5 Å². The number of allylic oxidation sites excluding steroid dienone is 2. The van der Waals surface area contributed by atoms with Crippen LogP contribution in [0.2, 0.25) is 0 Å². The molecule has 27 heavy (non-hydrogen) atoms. The Morgan fingerprint density at radius 1 is 1.04 bits per heavy atom. The van der Waals surface area contributed by atoms with Gasteiger partial charge in [0.25, 0.3) is 0 Å². The minimum absolute atomic E-state index is 0.0140. The van der Waals surface area contributed by atoms with Crippen molar-refractivity contribution >= 4 is 0 Å². The van der Waals surface area contributed by atoms with Crippen LogP contribution in [0, 0.1) is 11.8 Å². The molecule has 0 aliphatic heterocycles. The monoisotopic (exact) mass is 388 g/mol. The Morgan fingerprint density at radius 2 is 1.70 bits per heavy atom. The number of alkyl halides is 4. The summed E-state index contributed by atoms with van der Waals surface area (Å²) in [5, 5.41) is 0. The number of hydrogen-bond acceptors (Lipinski definition) is 2. The van der Waals surface area contributed by atoms with E-state index in [4.69, 9.17) is 4.74 Å². The molecule has 1 aromatic carbocycles. The van der Waals surface area contributed by atoms with Gasteiger partial charge in [0.15, 0.2) is 6.17 Å². The average molecular weight is 388 g/mol. The van der Waals surface area contributed by atoms with Crippen LogP contribution in [0.4, 0.5) is 17.6 Å². The second kappa shape index (κ2) is 11.3. The Bertz CT molecular complexity index is 554. The van der Waals surface area contributed by atoms with Gasteiger partial charge >= 0.3 is 6.61 Å². The predicted molar refractivity (Wildman–Crippen MR) is 97.2 cm³/mol. The fraction of sp³-hybridized carbons (Fsp3) is 0.619. The number of ether oxygens (including phenoxy) is 2. The van der Waals surface area contributed by atoms with E-state index in [2.05, 4.69) is 10.8 Å². The van der Waals surface area contributed by atoms with Gasteiger partial charge in [0, 0.05) is 0 Å². The molecule has 2 atom stereocenters. The summed E-state index contributed by atoms with van der Waals surface area (Å²) in [5.41, 5.74) is 0.569. The van der Waals surface area contributed by atoms with E-state index in [1.165, 1.54) is 24.3 Å². The molecule has 0 spiro atoms. The van der Waals surface area contributed by atoms with Crippen LogP contribution >= 0.6 is 0 Å². The van der Waals surface area contributed by atoms with Gasteiger partial charge in [-0.3, -0.25) is 0 Å². The summed E-state index contributed by atoms with van der Waals surface area (Å²) in [6.07, 6.45) is 5.94. The van der Waals surface area contributed by atoms with Gasteiger partial charge in [-0.1, -0.05) is 37.1 Å². The van der Waals surface area contributed by atoms with E-state index < -0.39 is 19.1 Å². The van der Waals surface area contributed by atoms with Crippen LogP contribution in [0.5, 0.6) is 5.75 Å². The largest absolute Gasteiger partial charge is 0.435 e.